The number of amides is 1. The van der Waals surface area contributed by atoms with Gasteiger partial charge in [0, 0.05) is 18.9 Å². The molecule has 1 saturated heterocycles. The van der Waals surface area contributed by atoms with Crippen molar-refractivity contribution in [1.82, 2.24) is 5.32 Å². The Hall–Kier alpha value is -1.46. The van der Waals surface area contributed by atoms with Crippen LogP contribution in [-0.4, -0.2) is 32.2 Å². The topological polar surface area (TPSA) is 50.4 Å². The number of hydrogen-bond donors (Lipinski definition) is 2. The van der Waals surface area contributed by atoms with Gasteiger partial charge < -0.3 is 15.4 Å². The normalized spacial score (nSPS) is 17.9. The van der Waals surface area contributed by atoms with Crippen molar-refractivity contribution >= 4 is 11.6 Å². The van der Waals surface area contributed by atoms with E-state index >= 15 is 0 Å². The number of rotatable bonds is 7. The molecule has 2 rings (SSSR count). The van der Waals surface area contributed by atoms with Crippen LogP contribution in [0.15, 0.2) is 18.2 Å². The van der Waals surface area contributed by atoms with Crippen molar-refractivity contribution in [1.29, 1.82) is 0 Å². The third-order valence-corrected chi connectivity index (χ3v) is 3.74. The highest BCUT2D eigenvalue weighted by molar-refractivity contribution is 5.92. The number of ether oxygens (including phenoxy) is 1. The SMILES string of the molecule is Cc1cc(F)ccc1NC(=O)CNCCC[C@H]1CCOC1. The van der Waals surface area contributed by atoms with E-state index in [0.717, 1.165) is 44.6 Å². The Kier molecular flexibility index (Phi) is 6.14. The number of halogens is 1. The average Bonchev–Trinajstić information content (AvgIpc) is 2.95. The lowest BCUT2D eigenvalue weighted by Crippen LogP contribution is -2.29. The Morgan fingerprint density at radius 3 is 3.05 bits per heavy atom. The molecule has 1 aliphatic heterocycles. The zero-order valence-electron chi connectivity index (χ0n) is 12.5. The van der Waals surface area contributed by atoms with E-state index in [2.05, 4.69) is 10.6 Å². The van der Waals surface area contributed by atoms with Crippen LogP contribution in [0.2, 0.25) is 0 Å². The van der Waals surface area contributed by atoms with Gasteiger partial charge in [-0.25, -0.2) is 4.39 Å². The molecule has 0 unspecified atom stereocenters. The Morgan fingerprint density at radius 1 is 1.48 bits per heavy atom. The smallest absolute Gasteiger partial charge is 0.238 e. The first-order valence-electron chi connectivity index (χ1n) is 7.49. The molecular weight excluding hydrogens is 271 g/mol. The molecular formula is C16H23FN2O2. The van der Waals surface area contributed by atoms with E-state index in [1.54, 1.807) is 13.0 Å². The number of anilines is 1. The Labute approximate surface area is 125 Å². The Morgan fingerprint density at radius 2 is 2.33 bits per heavy atom. The molecule has 1 fully saturated rings. The fraction of sp³-hybridized carbons (Fsp3) is 0.562. The molecule has 1 atom stereocenters. The molecule has 0 spiro atoms. The van der Waals surface area contributed by atoms with Crippen LogP contribution in [0.3, 0.4) is 0 Å². The second-order valence-corrected chi connectivity index (χ2v) is 5.56. The summed E-state index contributed by atoms with van der Waals surface area (Å²) >= 11 is 0. The summed E-state index contributed by atoms with van der Waals surface area (Å²) in [5, 5.41) is 5.91. The molecule has 2 N–H and O–H groups in total. The van der Waals surface area contributed by atoms with Gasteiger partial charge >= 0.3 is 0 Å². The molecule has 1 aromatic rings. The summed E-state index contributed by atoms with van der Waals surface area (Å²) in [6, 6.07) is 4.34. The lowest BCUT2D eigenvalue weighted by Gasteiger charge is -2.10. The van der Waals surface area contributed by atoms with Crippen molar-refractivity contribution in [2.75, 3.05) is 31.6 Å². The quantitative estimate of drug-likeness (QED) is 0.760. The van der Waals surface area contributed by atoms with Crippen LogP contribution in [0.4, 0.5) is 10.1 Å². The standard InChI is InChI=1S/C16H23FN2O2/c1-12-9-14(17)4-5-15(12)19-16(20)10-18-7-2-3-13-6-8-21-11-13/h4-5,9,13,18H,2-3,6-8,10-11H2,1H3,(H,19,20)/t13-/m0/s1. The molecule has 0 aliphatic carbocycles. The Bertz CT molecular complexity index is 473. The zero-order chi connectivity index (χ0) is 15.1. The average molecular weight is 294 g/mol. The van der Waals surface area contributed by atoms with E-state index in [9.17, 15) is 9.18 Å². The summed E-state index contributed by atoms with van der Waals surface area (Å²) in [6.07, 6.45) is 3.35. The molecule has 0 radical (unpaired) electrons. The number of hydrogen-bond acceptors (Lipinski definition) is 3. The van der Waals surface area contributed by atoms with Gasteiger partial charge in [0.1, 0.15) is 5.82 Å². The molecule has 0 saturated carbocycles. The highest BCUT2D eigenvalue weighted by Crippen LogP contribution is 2.17. The van der Waals surface area contributed by atoms with Gasteiger partial charge in [0.2, 0.25) is 5.91 Å². The van der Waals surface area contributed by atoms with Crippen LogP contribution in [0.25, 0.3) is 0 Å². The van der Waals surface area contributed by atoms with Crippen molar-refractivity contribution in [2.45, 2.75) is 26.2 Å². The third-order valence-electron chi connectivity index (χ3n) is 3.74. The maximum atomic E-state index is 13.0. The van der Waals surface area contributed by atoms with Crippen LogP contribution < -0.4 is 10.6 Å². The molecule has 0 bridgehead atoms. The number of carbonyl (C=O) groups is 1. The number of carbonyl (C=O) groups excluding carboxylic acids is 1. The number of benzene rings is 1. The molecule has 1 heterocycles. The lowest BCUT2D eigenvalue weighted by atomic mass is 10.0. The van der Waals surface area contributed by atoms with E-state index in [1.807, 2.05) is 0 Å². The minimum absolute atomic E-state index is 0.103. The van der Waals surface area contributed by atoms with E-state index in [-0.39, 0.29) is 18.3 Å². The maximum Gasteiger partial charge on any atom is 0.238 e. The van der Waals surface area contributed by atoms with Crippen molar-refractivity contribution < 1.29 is 13.9 Å². The third kappa shape index (κ3) is 5.44. The molecule has 1 aliphatic rings. The second kappa shape index (κ2) is 8.10. The fourth-order valence-corrected chi connectivity index (χ4v) is 2.49. The second-order valence-electron chi connectivity index (χ2n) is 5.56. The summed E-state index contributed by atoms with van der Waals surface area (Å²) in [5.41, 5.74) is 1.39. The van der Waals surface area contributed by atoms with Gasteiger partial charge in [-0.1, -0.05) is 0 Å². The highest BCUT2D eigenvalue weighted by atomic mass is 19.1. The first kappa shape index (κ1) is 15.9. The van der Waals surface area contributed by atoms with E-state index < -0.39 is 0 Å². The van der Waals surface area contributed by atoms with Gasteiger partial charge in [-0.15, -0.1) is 0 Å². The van der Waals surface area contributed by atoms with E-state index in [4.69, 9.17) is 4.74 Å². The predicted molar refractivity (Wildman–Crippen MR) is 80.8 cm³/mol. The highest BCUT2D eigenvalue weighted by Gasteiger charge is 2.14. The van der Waals surface area contributed by atoms with Gasteiger partial charge in [0.15, 0.2) is 0 Å². The van der Waals surface area contributed by atoms with Crippen molar-refractivity contribution in [3.63, 3.8) is 0 Å². The zero-order valence-corrected chi connectivity index (χ0v) is 12.5. The maximum absolute atomic E-state index is 13.0. The molecule has 21 heavy (non-hydrogen) atoms. The minimum Gasteiger partial charge on any atom is -0.381 e. The number of aryl methyl sites for hydroxylation is 1. The predicted octanol–water partition coefficient (Wildman–Crippen LogP) is 2.48. The molecule has 116 valence electrons. The fourth-order valence-electron chi connectivity index (χ4n) is 2.49. The van der Waals surface area contributed by atoms with Crippen LogP contribution in [-0.2, 0) is 9.53 Å². The van der Waals surface area contributed by atoms with Gasteiger partial charge in [0.05, 0.1) is 6.54 Å². The van der Waals surface area contributed by atoms with Gasteiger partial charge in [-0.3, -0.25) is 4.79 Å². The summed E-state index contributed by atoms with van der Waals surface area (Å²) in [6.45, 7) is 4.64. The minimum atomic E-state index is -0.292. The van der Waals surface area contributed by atoms with Crippen molar-refractivity contribution in [3.8, 4) is 0 Å². The van der Waals surface area contributed by atoms with Gasteiger partial charge in [0.25, 0.3) is 0 Å². The molecule has 4 nitrogen and oxygen atoms in total. The summed E-state index contributed by atoms with van der Waals surface area (Å²) in [7, 11) is 0. The first-order valence-corrected chi connectivity index (χ1v) is 7.49. The summed E-state index contributed by atoms with van der Waals surface area (Å²) in [4.78, 5) is 11.8. The van der Waals surface area contributed by atoms with Crippen LogP contribution in [0, 0.1) is 18.7 Å². The lowest BCUT2D eigenvalue weighted by molar-refractivity contribution is -0.115. The van der Waals surface area contributed by atoms with Crippen LogP contribution >= 0.6 is 0 Å². The van der Waals surface area contributed by atoms with Crippen LogP contribution in [0.5, 0.6) is 0 Å². The molecule has 5 heteroatoms. The molecule has 1 amide bonds. The molecule has 0 aromatic heterocycles. The summed E-state index contributed by atoms with van der Waals surface area (Å²) < 4.78 is 18.3. The van der Waals surface area contributed by atoms with Gasteiger partial charge in [-0.05, 0) is 62.4 Å². The Balaban J connectivity index is 1.60. The summed E-state index contributed by atoms with van der Waals surface area (Å²) in [5.74, 6) is 0.288. The van der Waals surface area contributed by atoms with Crippen LogP contribution in [0.1, 0.15) is 24.8 Å². The molecule has 1 aromatic carbocycles. The van der Waals surface area contributed by atoms with Crippen molar-refractivity contribution in [2.24, 2.45) is 5.92 Å². The van der Waals surface area contributed by atoms with E-state index in [1.165, 1.54) is 12.1 Å². The van der Waals surface area contributed by atoms with Gasteiger partial charge in [-0.2, -0.15) is 0 Å². The first-order chi connectivity index (χ1) is 10.1. The van der Waals surface area contributed by atoms with E-state index in [0.29, 0.717) is 11.6 Å². The largest absolute Gasteiger partial charge is 0.381 e. The number of nitrogens with one attached hydrogen (secondary N) is 2. The monoisotopic (exact) mass is 294 g/mol. The van der Waals surface area contributed by atoms with Crippen molar-refractivity contribution in [3.05, 3.63) is 29.6 Å².